The minimum Gasteiger partial charge on any atom is -0.406 e. The number of nitrogens with one attached hydrogen (secondary N) is 1. The standard InChI is InChI=1S/C17H17F3N2O2S/c18-17(19,20)24-13-5-6-15-12(9-13)3-1-7-22(15)11-16(23)21-10-14-4-2-8-25-14/h2,4-6,8-9H,1,3,7,10-11H2,(H,21,23). The molecule has 134 valence electrons. The maximum Gasteiger partial charge on any atom is 0.573 e. The lowest BCUT2D eigenvalue weighted by molar-refractivity contribution is -0.274. The smallest absolute Gasteiger partial charge is 0.406 e. The molecule has 0 saturated heterocycles. The molecule has 8 heteroatoms. The number of alkyl halides is 3. The molecule has 1 aromatic heterocycles. The minimum atomic E-state index is -4.70. The maximum atomic E-state index is 12.3. The summed E-state index contributed by atoms with van der Waals surface area (Å²) in [6, 6.07) is 8.14. The van der Waals surface area contributed by atoms with Crippen molar-refractivity contribution in [1.29, 1.82) is 0 Å². The Morgan fingerprint density at radius 2 is 2.16 bits per heavy atom. The third kappa shape index (κ3) is 4.88. The molecule has 25 heavy (non-hydrogen) atoms. The van der Waals surface area contributed by atoms with Crippen molar-refractivity contribution in [2.24, 2.45) is 0 Å². The van der Waals surface area contributed by atoms with Crippen LogP contribution in [-0.4, -0.2) is 25.4 Å². The molecule has 1 amide bonds. The number of benzene rings is 1. The number of ether oxygens (including phenoxy) is 1. The highest BCUT2D eigenvalue weighted by molar-refractivity contribution is 7.09. The van der Waals surface area contributed by atoms with E-state index in [0.717, 1.165) is 22.5 Å². The summed E-state index contributed by atoms with van der Waals surface area (Å²) in [5.74, 6) is -0.341. The average molecular weight is 370 g/mol. The Balaban J connectivity index is 1.63. The van der Waals surface area contributed by atoms with E-state index in [-0.39, 0.29) is 18.2 Å². The molecule has 2 aromatic rings. The Kier molecular flexibility index (Phi) is 5.17. The molecule has 1 aromatic carbocycles. The van der Waals surface area contributed by atoms with Crippen LogP contribution >= 0.6 is 11.3 Å². The van der Waals surface area contributed by atoms with Crippen LogP contribution in [0.4, 0.5) is 18.9 Å². The largest absolute Gasteiger partial charge is 0.573 e. The zero-order valence-corrected chi connectivity index (χ0v) is 14.1. The molecular formula is C17H17F3N2O2S. The third-order valence-electron chi connectivity index (χ3n) is 3.87. The minimum absolute atomic E-state index is 0.114. The maximum absolute atomic E-state index is 12.3. The molecule has 0 fully saturated rings. The number of anilines is 1. The van der Waals surface area contributed by atoms with Gasteiger partial charge in [0.05, 0.1) is 13.1 Å². The predicted octanol–water partition coefficient (Wildman–Crippen LogP) is 3.72. The van der Waals surface area contributed by atoms with E-state index in [4.69, 9.17) is 0 Å². The number of hydrogen-bond donors (Lipinski definition) is 1. The highest BCUT2D eigenvalue weighted by Gasteiger charge is 2.31. The van der Waals surface area contributed by atoms with Gasteiger partial charge in [-0.05, 0) is 48.1 Å². The number of nitrogens with zero attached hydrogens (tertiary/aromatic N) is 1. The summed E-state index contributed by atoms with van der Waals surface area (Å²) in [4.78, 5) is 15.1. The summed E-state index contributed by atoms with van der Waals surface area (Å²) in [5.41, 5.74) is 1.55. The summed E-state index contributed by atoms with van der Waals surface area (Å²) in [7, 11) is 0. The van der Waals surface area contributed by atoms with E-state index in [1.165, 1.54) is 12.1 Å². The summed E-state index contributed by atoms with van der Waals surface area (Å²) < 4.78 is 41.0. The SMILES string of the molecule is O=C(CN1CCCc2cc(OC(F)(F)F)ccc21)NCc1cccs1. The van der Waals surface area contributed by atoms with Gasteiger partial charge in [0.25, 0.3) is 0 Å². The van der Waals surface area contributed by atoms with Gasteiger partial charge in [0.15, 0.2) is 0 Å². The predicted molar refractivity (Wildman–Crippen MR) is 89.8 cm³/mol. The number of rotatable bonds is 5. The Bertz CT molecular complexity index is 732. The topological polar surface area (TPSA) is 41.6 Å². The van der Waals surface area contributed by atoms with Crippen LogP contribution in [0.3, 0.4) is 0 Å². The van der Waals surface area contributed by atoms with Crippen molar-refractivity contribution < 1.29 is 22.7 Å². The molecule has 0 spiro atoms. The van der Waals surface area contributed by atoms with Crippen LogP contribution in [0.1, 0.15) is 16.9 Å². The number of aryl methyl sites for hydroxylation is 1. The third-order valence-corrected chi connectivity index (χ3v) is 4.75. The Labute approximate surface area is 147 Å². The summed E-state index contributed by atoms with van der Waals surface area (Å²) in [5, 5.41) is 4.81. The van der Waals surface area contributed by atoms with Crippen LogP contribution in [-0.2, 0) is 17.8 Å². The van der Waals surface area contributed by atoms with Crippen LogP contribution in [0.25, 0.3) is 0 Å². The molecule has 0 radical (unpaired) electrons. The van der Waals surface area contributed by atoms with Crippen molar-refractivity contribution in [3.8, 4) is 5.75 Å². The van der Waals surface area contributed by atoms with Gasteiger partial charge >= 0.3 is 6.36 Å². The van der Waals surface area contributed by atoms with Gasteiger partial charge in [-0.25, -0.2) is 0 Å². The number of halogens is 3. The van der Waals surface area contributed by atoms with Gasteiger partial charge in [-0.2, -0.15) is 0 Å². The first-order valence-electron chi connectivity index (χ1n) is 7.83. The van der Waals surface area contributed by atoms with Gasteiger partial charge in [-0.15, -0.1) is 24.5 Å². The fraction of sp³-hybridized carbons (Fsp3) is 0.353. The first-order valence-corrected chi connectivity index (χ1v) is 8.71. The molecule has 1 N–H and O–H groups in total. The van der Waals surface area contributed by atoms with Crippen LogP contribution in [0.2, 0.25) is 0 Å². The van der Waals surface area contributed by atoms with E-state index in [0.29, 0.717) is 19.5 Å². The zero-order chi connectivity index (χ0) is 17.9. The molecule has 3 rings (SSSR count). The molecular weight excluding hydrogens is 353 g/mol. The molecule has 0 atom stereocenters. The van der Waals surface area contributed by atoms with Crippen LogP contribution in [0, 0.1) is 0 Å². The van der Waals surface area contributed by atoms with Crippen molar-refractivity contribution in [3.05, 3.63) is 46.2 Å². The highest BCUT2D eigenvalue weighted by Crippen LogP contribution is 2.32. The van der Waals surface area contributed by atoms with Gasteiger partial charge in [0, 0.05) is 17.1 Å². The molecule has 0 unspecified atom stereocenters. The van der Waals surface area contributed by atoms with Gasteiger partial charge in [-0.1, -0.05) is 6.07 Å². The molecule has 1 aliphatic heterocycles. The molecule has 0 aliphatic carbocycles. The number of fused-ring (bicyclic) bond motifs is 1. The van der Waals surface area contributed by atoms with E-state index in [9.17, 15) is 18.0 Å². The van der Waals surface area contributed by atoms with Crippen molar-refractivity contribution in [1.82, 2.24) is 5.32 Å². The van der Waals surface area contributed by atoms with Crippen LogP contribution < -0.4 is 15.0 Å². The first-order chi connectivity index (χ1) is 11.9. The van der Waals surface area contributed by atoms with Gasteiger partial charge in [-0.3, -0.25) is 4.79 Å². The second-order valence-electron chi connectivity index (χ2n) is 5.72. The highest BCUT2D eigenvalue weighted by atomic mass is 32.1. The quantitative estimate of drug-likeness (QED) is 0.872. The van der Waals surface area contributed by atoms with Gasteiger partial charge in [0.2, 0.25) is 5.91 Å². The van der Waals surface area contributed by atoms with E-state index in [1.54, 1.807) is 17.4 Å². The fourth-order valence-corrected chi connectivity index (χ4v) is 3.49. The van der Waals surface area contributed by atoms with E-state index < -0.39 is 6.36 Å². The van der Waals surface area contributed by atoms with Gasteiger partial charge in [0.1, 0.15) is 5.75 Å². The Morgan fingerprint density at radius 3 is 2.88 bits per heavy atom. The average Bonchev–Trinajstić information content (AvgIpc) is 3.05. The number of hydrogen-bond acceptors (Lipinski definition) is 4. The van der Waals surface area contributed by atoms with Crippen molar-refractivity contribution in [3.63, 3.8) is 0 Å². The lowest BCUT2D eigenvalue weighted by Gasteiger charge is -2.31. The monoisotopic (exact) mass is 370 g/mol. The molecule has 4 nitrogen and oxygen atoms in total. The molecule has 0 saturated carbocycles. The van der Waals surface area contributed by atoms with E-state index in [1.807, 2.05) is 22.4 Å². The summed E-state index contributed by atoms with van der Waals surface area (Å²) in [6.45, 7) is 1.35. The normalized spacial score (nSPS) is 14.1. The number of carbonyl (C=O) groups is 1. The number of amides is 1. The number of thiophene rings is 1. The summed E-state index contributed by atoms with van der Waals surface area (Å²) >= 11 is 1.57. The van der Waals surface area contributed by atoms with Crippen molar-refractivity contribution in [2.45, 2.75) is 25.7 Å². The lowest BCUT2D eigenvalue weighted by atomic mass is 10.0. The van der Waals surface area contributed by atoms with Gasteiger partial charge < -0.3 is 15.0 Å². The van der Waals surface area contributed by atoms with Crippen molar-refractivity contribution in [2.75, 3.05) is 18.0 Å². The van der Waals surface area contributed by atoms with Crippen LogP contribution in [0.5, 0.6) is 5.75 Å². The second kappa shape index (κ2) is 7.35. The van der Waals surface area contributed by atoms with E-state index in [2.05, 4.69) is 10.1 Å². The number of carbonyl (C=O) groups excluding carboxylic acids is 1. The Hall–Kier alpha value is -2.22. The first kappa shape index (κ1) is 17.6. The lowest BCUT2D eigenvalue weighted by Crippen LogP contribution is -2.39. The van der Waals surface area contributed by atoms with E-state index >= 15 is 0 Å². The molecule has 2 heterocycles. The second-order valence-corrected chi connectivity index (χ2v) is 6.75. The molecule has 1 aliphatic rings. The fourth-order valence-electron chi connectivity index (χ4n) is 2.84. The zero-order valence-electron chi connectivity index (χ0n) is 13.3. The summed E-state index contributed by atoms with van der Waals surface area (Å²) in [6.07, 6.45) is -3.26. The molecule has 0 bridgehead atoms. The Morgan fingerprint density at radius 1 is 1.32 bits per heavy atom. The van der Waals surface area contributed by atoms with Crippen molar-refractivity contribution >= 4 is 22.9 Å². The van der Waals surface area contributed by atoms with Crippen LogP contribution in [0.15, 0.2) is 35.7 Å².